The molecule has 3 aromatic carbocycles. The van der Waals surface area contributed by atoms with Crippen LogP contribution in [0, 0.1) is 5.92 Å². The Hall–Kier alpha value is -3.49. The quantitative estimate of drug-likeness (QED) is 0.441. The normalized spacial score (nSPS) is 15.0. The minimum atomic E-state index is -3.56. The maximum atomic E-state index is 12.7. The molecule has 1 amide bonds. The van der Waals surface area contributed by atoms with Crippen LogP contribution in [-0.4, -0.2) is 37.7 Å². The molecule has 0 radical (unpaired) electrons. The first-order valence-electron chi connectivity index (χ1n) is 10.7. The van der Waals surface area contributed by atoms with Crippen molar-refractivity contribution in [1.29, 1.82) is 0 Å². The number of sulfonamides is 1. The molecule has 0 spiro atoms. The highest BCUT2D eigenvalue weighted by molar-refractivity contribution is 7.89. The highest BCUT2D eigenvalue weighted by Gasteiger charge is 2.32. The lowest BCUT2D eigenvalue weighted by Crippen LogP contribution is -2.41. The van der Waals surface area contributed by atoms with E-state index in [1.54, 1.807) is 78.9 Å². The van der Waals surface area contributed by atoms with Crippen molar-refractivity contribution in [1.82, 2.24) is 4.31 Å². The molecule has 170 valence electrons. The number of anilines is 1. The smallest absolute Gasteiger partial charge is 0.314 e. The van der Waals surface area contributed by atoms with Crippen molar-refractivity contribution >= 4 is 27.6 Å². The first-order chi connectivity index (χ1) is 15.9. The standard InChI is InChI=1S/C25H24N2O5S/c28-24(19-7-3-1-4-8-19)26-21-11-13-22(14-12-21)32-25(29)20-15-17-27(18-16-20)33(30,31)23-9-5-2-6-10-23/h1-14,20H,15-18H2,(H,26,28). The molecule has 1 N–H and O–H groups in total. The summed E-state index contributed by atoms with van der Waals surface area (Å²) >= 11 is 0. The van der Waals surface area contributed by atoms with Gasteiger partial charge in [-0.3, -0.25) is 9.59 Å². The topological polar surface area (TPSA) is 92.8 Å². The Kier molecular flexibility index (Phi) is 6.86. The molecule has 0 saturated carbocycles. The number of amides is 1. The Bertz CT molecular complexity index is 1200. The highest BCUT2D eigenvalue weighted by Crippen LogP contribution is 2.26. The van der Waals surface area contributed by atoms with E-state index in [2.05, 4.69) is 5.32 Å². The van der Waals surface area contributed by atoms with E-state index in [0.29, 0.717) is 29.8 Å². The molecule has 8 heteroatoms. The van der Waals surface area contributed by atoms with Crippen LogP contribution in [0.3, 0.4) is 0 Å². The number of hydrogen-bond donors (Lipinski definition) is 1. The van der Waals surface area contributed by atoms with E-state index in [1.807, 2.05) is 6.07 Å². The summed E-state index contributed by atoms with van der Waals surface area (Å²) in [6.07, 6.45) is 0.798. The third-order valence-electron chi connectivity index (χ3n) is 5.53. The number of carbonyl (C=O) groups excluding carboxylic acids is 2. The van der Waals surface area contributed by atoms with Crippen LogP contribution in [0.15, 0.2) is 89.8 Å². The van der Waals surface area contributed by atoms with Crippen LogP contribution in [0.25, 0.3) is 0 Å². The number of nitrogens with one attached hydrogen (secondary N) is 1. The Morgan fingerprint density at radius 1 is 0.818 bits per heavy atom. The molecule has 1 aliphatic rings. The summed E-state index contributed by atoms with van der Waals surface area (Å²) in [5, 5.41) is 2.79. The molecular weight excluding hydrogens is 440 g/mol. The molecule has 3 aromatic rings. The summed E-state index contributed by atoms with van der Waals surface area (Å²) in [5.41, 5.74) is 1.14. The van der Waals surface area contributed by atoms with Crippen LogP contribution >= 0.6 is 0 Å². The van der Waals surface area contributed by atoms with Gasteiger partial charge in [-0.25, -0.2) is 8.42 Å². The van der Waals surface area contributed by atoms with Crippen molar-refractivity contribution in [2.45, 2.75) is 17.7 Å². The van der Waals surface area contributed by atoms with Gasteiger partial charge in [0, 0.05) is 24.3 Å². The van der Waals surface area contributed by atoms with E-state index in [4.69, 9.17) is 4.74 Å². The number of benzene rings is 3. The predicted octanol–water partition coefficient (Wildman–Crippen LogP) is 3.95. The monoisotopic (exact) mass is 464 g/mol. The van der Waals surface area contributed by atoms with Crippen LogP contribution < -0.4 is 10.1 Å². The lowest BCUT2D eigenvalue weighted by Gasteiger charge is -2.30. The molecular formula is C25H24N2O5S. The van der Waals surface area contributed by atoms with Crippen molar-refractivity contribution in [3.63, 3.8) is 0 Å². The van der Waals surface area contributed by atoms with Crippen LogP contribution in [0.1, 0.15) is 23.2 Å². The summed E-state index contributed by atoms with van der Waals surface area (Å²) in [7, 11) is -3.56. The number of esters is 1. The summed E-state index contributed by atoms with van der Waals surface area (Å²) in [4.78, 5) is 25.1. The molecule has 0 aliphatic carbocycles. The van der Waals surface area contributed by atoms with E-state index in [1.165, 1.54) is 4.31 Å². The molecule has 33 heavy (non-hydrogen) atoms. The van der Waals surface area contributed by atoms with E-state index in [9.17, 15) is 18.0 Å². The first kappa shape index (κ1) is 22.7. The maximum Gasteiger partial charge on any atom is 0.314 e. The summed E-state index contributed by atoms with van der Waals surface area (Å²) < 4.78 is 32.4. The van der Waals surface area contributed by atoms with E-state index in [0.717, 1.165) is 0 Å². The second-order valence-corrected chi connectivity index (χ2v) is 9.69. The van der Waals surface area contributed by atoms with E-state index in [-0.39, 0.29) is 35.8 Å². The lowest BCUT2D eigenvalue weighted by molar-refractivity contribution is -0.140. The van der Waals surface area contributed by atoms with Gasteiger partial charge in [0.25, 0.3) is 5.91 Å². The fourth-order valence-electron chi connectivity index (χ4n) is 3.67. The second kappa shape index (κ2) is 9.97. The largest absolute Gasteiger partial charge is 0.426 e. The Labute approximate surface area is 193 Å². The van der Waals surface area contributed by atoms with Crippen molar-refractivity contribution in [2.24, 2.45) is 5.92 Å². The molecule has 4 rings (SSSR count). The third kappa shape index (κ3) is 5.47. The zero-order chi connectivity index (χ0) is 23.3. The predicted molar refractivity (Wildman–Crippen MR) is 124 cm³/mol. The van der Waals surface area contributed by atoms with Gasteiger partial charge in [-0.2, -0.15) is 4.31 Å². The molecule has 1 saturated heterocycles. The number of rotatable bonds is 6. The Morgan fingerprint density at radius 2 is 1.39 bits per heavy atom. The SMILES string of the molecule is O=C(Nc1ccc(OC(=O)C2CCN(S(=O)(=O)c3ccccc3)CC2)cc1)c1ccccc1. The summed E-state index contributed by atoms with van der Waals surface area (Å²) in [6, 6.07) is 23.7. The van der Waals surface area contributed by atoms with Crippen molar-refractivity contribution < 1.29 is 22.7 Å². The van der Waals surface area contributed by atoms with Gasteiger partial charge >= 0.3 is 5.97 Å². The molecule has 7 nitrogen and oxygen atoms in total. The molecule has 1 fully saturated rings. The van der Waals surface area contributed by atoms with Crippen LogP contribution in [0.2, 0.25) is 0 Å². The third-order valence-corrected chi connectivity index (χ3v) is 7.45. The van der Waals surface area contributed by atoms with Crippen LogP contribution in [0.4, 0.5) is 5.69 Å². The lowest BCUT2D eigenvalue weighted by atomic mass is 9.98. The molecule has 0 aromatic heterocycles. The van der Waals surface area contributed by atoms with Crippen molar-refractivity contribution in [2.75, 3.05) is 18.4 Å². The Balaban J connectivity index is 1.30. The molecule has 1 aliphatic heterocycles. The average Bonchev–Trinajstić information content (AvgIpc) is 2.86. The van der Waals surface area contributed by atoms with Gasteiger partial charge in [0.1, 0.15) is 5.75 Å². The van der Waals surface area contributed by atoms with Crippen LogP contribution in [0.5, 0.6) is 5.75 Å². The van der Waals surface area contributed by atoms with Gasteiger partial charge in [-0.05, 0) is 61.4 Å². The second-order valence-electron chi connectivity index (χ2n) is 7.76. The van der Waals surface area contributed by atoms with Crippen molar-refractivity contribution in [3.8, 4) is 5.75 Å². The minimum absolute atomic E-state index is 0.224. The van der Waals surface area contributed by atoms with Gasteiger partial charge in [0.15, 0.2) is 0 Å². The van der Waals surface area contributed by atoms with E-state index >= 15 is 0 Å². The fraction of sp³-hybridized carbons (Fsp3) is 0.200. The van der Waals surface area contributed by atoms with Crippen molar-refractivity contribution in [3.05, 3.63) is 90.5 Å². The zero-order valence-corrected chi connectivity index (χ0v) is 18.7. The van der Waals surface area contributed by atoms with Gasteiger partial charge < -0.3 is 10.1 Å². The molecule has 0 atom stereocenters. The number of ether oxygens (including phenoxy) is 1. The zero-order valence-electron chi connectivity index (χ0n) is 17.9. The number of nitrogens with zero attached hydrogens (tertiary/aromatic N) is 1. The molecule has 0 bridgehead atoms. The highest BCUT2D eigenvalue weighted by atomic mass is 32.2. The Morgan fingerprint density at radius 3 is 2.00 bits per heavy atom. The maximum absolute atomic E-state index is 12.7. The minimum Gasteiger partial charge on any atom is -0.426 e. The van der Waals surface area contributed by atoms with E-state index < -0.39 is 10.0 Å². The van der Waals surface area contributed by atoms with Gasteiger partial charge in [-0.1, -0.05) is 36.4 Å². The van der Waals surface area contributed by atoms with Gasteiger partial charge in [0.05, 0.1) is 10.8 Å². The fourth-order valence-corrected chi connectivity index (χ4v) is 5.16. The number of piperidine rings is 1. The number of carbonyl (C=O) groups is 2. The average molecular weight is 465 g/mol. The van der Waals surface area contributed by atoms with Gasteiger partial charge in [-0.15, -0.1) is 0 Å². The van der Waals surface area contributed by atoms with Crippen LogP contribution in [-0.2, 0) is 14.8 Å². The summed E-state index contributed by atoms with van der Waals surface area (Å²) in [6.45, 7) is 0.531. The summed E-state index contributed by atoms with van der Waals surface area (Å²) in [5.74, 6) is -0.605. The first-order valence-corrected chi connectivity index (χ1v) is 12.1. The molecule has 0 unspecified atom stereocenters. The van der Waals surface area contributed by atoms with Gasteiger partial charge in [0.2, 0.25) is 10.0 Å². The molecule has 1 heterocycles. The number of hydrogen-bond acceptors (Lipinski definition) is 5.